The van der Waals surface area contributed by atoms with Crippen LogP contribution in [0, 0.1) is 11.3 Å². The Morgan fingerprint density at radius 3 is 2.65 bits per heavy atom. The number of ether oxygens (including phenoxy) is 2. The van der Waals surface area contributed by atoms with E-state index in [4.69, 9.17) is 5.26 Å². The highest BCUT2D eigenvalue weighted by Crippen LogP contribution is 2.30. The molecule has 1 aromatic rings. The lowest BCUT2D eigenvalue weighted by atomic mass is 10.1. The molecule has 17 heavy (non-hydrogen) atoms. The molecule has 0 radical (unpaired) electrons. The summed E-state index contributed by atoms with van der Waals surface area (Å²) in [5.41, 5.74) is -0.418. The molecule has 0 aliphatic heterocycles. The Labute approximate surface area is 104 Å². The monoisotopic (exact) mass is 305 g/mol. The second-order valence-electron chi connectivity index (χ2n) is 2.81. The van der Waals surface area contributed by atoms with E-state index in [0.717, 1.165) is 7.11 Å². The van der Waals surface area contributed by atoms with Crippen molar-refractivity contribution in [2.45, 2.75) is 6.61 Å². The minimum Gasteiger partial charge on any atom is -0.465 e. The number of nitrogens with zero attached hydrogens (tertiary/aromatic N) is 1. The third-order valence-corrected chi connectivity index (χ3v) is 2.24. The molecular formula is C10H6BrF2NO3. The smallest absolute Gasteiger partial charge is 0.387 e. The van der Waals surface area contributed by atoms with Crippen LogP contribution < -0.4 is 4.74 Å². The van der Waals surface area contributed by atoms with Crippen LogP contribution in [0.2, 0.25) is 0 Å². The maximum absolute atomic E-state index is 12.2. The van der Waals surface area contributed by atoms with Gasteiger partial charge in [0.15, 0.2) is 5.75 Å². The molecule has 0 bridgehead atoms. The molecule has 0 heterocycles. The van der Waals surface area contributed by atoms with Gasteiger partial charge in [0.2, 0.25) is 0 Å². The standard InChI is InChI=1S/C10H6BrF2NO3/c1-16-9(15)7-3-6(11)2-5(4-14)8(7)17-10(12)13/h2-3,10H,1H3. The molecule has 0 saturated carbocycles. The van der Waals surface area contributed by atoms with Gasteiger partial charge in [-0.3, -0.25) is 0 Å². The van der Waals surface area contributed by atoms with Gasteiger partial charge < -0.3 is 9.47 Å². The predicted octanol–water partition coefficient (Wildman–Crippen LogP) is 2.71. The minimum absolute atomic E-state index is 0.180. The number of alkyl halides is 2. The number of hydrogen-bond donors (Lipinski definition) is 0. The van der Waals surface area contributed by atoms with E-state index in [1.807, 2.05) is 0 Å². The fourth-order valence-corrected chi connectivity index (χ4v) is 1.61. The first-order chi connectivity index (χ1) is 7.99. The first-order valence-electron chi connectivity index (χ1n) is 4.26. The number of nitriles is 1. The van der Waals surface area contributed by atoms with Crippen LogP contribution in [0.25, 0.3) is 0 Å². The van der Waals surface area contributed by atoms with Crippen LogP contribution in [0.15, 0.2) is 16.6 Å². The summed E-state index contributed by atoms with van der Waals surface area (Å²) in [6.07, 6.45) is 0. The molecule has 0 aliphatic carbocycles. The van der Waals surface area contributed by atoms with Gasteiger partial charge in [0.1, 0.15) is 11.6 Å². The molecule has 0 N–H and O–H groups in total. The van der Waals surface area contributed by atoms with E-state index in [0.29, 0.717) is 4.47 Å². The van der Waals surface area contributed by atoms with Crippen LogP contribution in [0.1, 0.15) is 15.9 Å². The quantitative estimate of drug-likeness (QED) is 0.806. The highest BCUT2D eigenvalue weighted by molar-refractivity contribution is 9.10. The highest BCUT2D eigenvalue weighted by atomic mass is 79.9. The van der Waals surface area contributed by atoms with E-state index in [1.54, 1.807) is 6.07 Å². The summed E-state index contributed by atoms with van der Waals surface area (Å²) in [5, 5.41) is 8.79. The van der Waals surface area contributed by atoms with Crippen LogP contribution in [0.4, 0.5) is 8.78 Å². The molecule has 0 atom stereocenters. The first kappa shape index (κ1) is 13.4. The van der Waals surface area contributed by atoms with Crippen molar-refractivity contribution in [3.8, 4) is 11.8 Å². The van der Waals surface area contributed by atoms with Crippen molar-refractivity contribution >= 4 is 21.9 Å². The van der Waals surface area contributed by atoms with Gasteiger partial charge in [0.25, 0.3) is 0 Å². The number of methoxy groups -OCH3 is 1. The number of halogens is 3. The third-order valence-electron chi connectivity index (χ3n) is 1.79. The molecular weight excluding hydrogens is 300 g/mol. The van der Waals surface area contributed by atoms with Crippen molar-refractivity contribution in [2.75, 3.05) is 7.11 Å². The topological polar surface area (TPSA) is 59.3 Å². The molecule has 7 heteroatoms. The van der Waals surface area contributed by atoms with Crippen molar-refractivity contribution in [2.24, 2.45) is 0 Å². The molecule has 90 valence electrons. The zero-order chi connectivity index (χ0) is 13.0. The van der Waals surface area contributed by atoms with Gasteiger partial charge >= 0.3 is 12.6 Å². The Kier molecular flexibility index (Phi) is 4.40. The Hall–Kier alpha value is -1.68. The first-order valence-corrected chi connectivity index (χ1v) is 5.05. The lowest BCUT2D eigenvalue weighted by Crippen LogP contribution is -2.10. The van der Waals surface area contributed by atoms with Gasteiger partial charge in [-0.25, -0.2) is 4.79 Å². The Morgan fingerprint density at radius 1 is 1.53 bits per heavy atom. The van der Waals surface area contributed by atoms with E-state index < -0.39 is 18.3 Å². The average Bonchev–Trinajstić information content (AvgIpc) is 2.29. The van der Waals surface area contributed by atoms with Crippen LogP contribution >= 0.6 is 15.9 Å². The van der Waals surface area contributed by atoms with E-state index in [2.05, 4.69) is 25.4 Å². The van der Waals surface area contributed by atoms with Gasteiger partial charge in [-0.1, -0.05) is 15.9 Å². The SMILES string of the molecule is COC(=O)c1cc(Br)cc(C#N)c1OC(F)F. The number of esters is 1. The average molecular weight is 306 g/mol. The summed E-state index contributed by atoms with van der Waals surface area (Å²) in [6, 6.07) is 4.17. The van der Waals surface area contributed by atoms with Crippen LogP contribution in [0.5, 0.6) is 5.75 Å². The van der Waals surface area contributed by atoms with Gasteiger partial charge in [-0.05, 0) is 12.1 Å². The molecule has 0 aromatic heterocycles. The van der Waals surface area contributed by atoms with Gasteiger partial charge in [-0.2, -0.15) is 14.0 Å². The zero-order valence-corrected chi connectivity index (χ0v) is 10.1. The molecule has 4 nitrogen and oxygen atoms in total. The molecule has 0 amide bonds. The van der Waals surface area contributed by atoms with Crippen LogP contribution in [-0.4, -0.2) is 19.7 Å². The second-order valence-corrected chi connectivity index (χ2v) is 3.73. The highest BCUT2D eigenvalue weighted by Gasteiger charge is 2.21. The largest absolute Gasteiger partial charge is 0.465 e. The summed E-state index contributed by atoms with van der Waals surface area (Å²) in [5.74, 6) is -1.35. The number of carbonyl (C=O) groups excluding carboxylic acids is 1. The van der Waals surface area contributed by atoms with E-state index in [1.165, 1.54) is 12.1 Å². The Balaban J connectivity index is 3.39. The van der Waals surface area contributed by atoms with Crippen LogP contribution in [0.3, 0.4) is 0 Å². The summed E-state index contributed by atoms with van der Waals surface area (Å²) < 4.78 is 33.4. The van der Waals surface area contributed by atoms with Crippen molar-refractivity contribution in [1.82, 2.24) is 0 Å². The van der Waals surface area contributed by atoms with E-state index >= 15 is 0 Å². The summed E-state index contributed by atoms with van der Waals surface area (Å²) >= 11 is 3.05. The van der Waals surface area contributed by atoms with E-state index in [9.17, 15) is 13.6 Å². The van der Waals surface area contributed by atoms with Crippen LogP contribution in [-0.2, 0) is 4.74 Å². The molecule has 1 rings (SSSR count). The van der Waals surface area contributed by atoms with Crippen molar-refractivity contribution in [1.29, 1.82) is 5.26 Å². The molecule has 0 aliphatic rings. The predicted molar refractivity (Wildman–Crippen MR) is 56.8 cm³/mol. The zero-order valence-electron chi connectivity index (χ0n) is 8.54. The molecule has 0 saturated heterocycles. The number of carbonyl (C=O) groups is 1. The maximum Gasteiger partial charge on any atom is 0.387 e. The Morgan fingerprint density at radius 2 is 2.18 bits per heavy atom. The van der Waals surface area contributed by atoms with Crippen molar-refractivity contribution < 1.29 is 23.0 Å². The maximum atomic E-state index is 12.2. The summed E-state index contributed by atoms with van der Waals surface area (Å²) in [4.78, 5) is 11.4. The van der Waals surface area contributed by atoms with E-state index in [-0.39, 0.29) is 11.1 Å². The van der Waals surface area contributed by atoms with Gasteiger partial charge in [-0.15, -0.1) is 0 Å². The normalized spacial score (nSPS) is 9.88. The number of benzene rings is 1. The lowest BCUT2D eigenvalue weighted by molar-refractivity contribution is -0.0506. The molecule has 0 unspecified atom stereocenters. The summed E-state index contributed by atoms with van der Waals surface area (Å²) in [7, 11) is 1.10. The Bertz CT molecular complexity index is 485. The fraction of sp³-hybridized carbons (Fsp3) is 0.200. The fourth-order valence-electron chi connectivity index (χ4n) is 1.15. The van der Waals surface area contributed by atoms with Gasteiger partial charge in [0, 0.05) is 4.47 Å². The number of rotatable bonds is 3. The molecule has 0 spiro atoms. The van der Waals surface area contributed by atoms with Crippen molar-refractivity contribution in [3.05, 3.63) is 27.7 Å². The summed E-state index contributed by atoms with van der Waals surface area (Å²) in [6.45, 7) is -3.13. The number of hydrogen-bond acceptors (Lipinski definition) is 4. The minimum atomic E-state index is -3.13. The van der Waals surface area contributed by atoms with Gasteiger partial charge in [0.05, 0.1) is 12.7 Å². The third kappa shape index (κ3) is 3.14. The lowest BCUT2D eigenvalue weighted by Gasteiger charge is -2.11. The second kappa shape index (κ2) is 5.59. The molecule has 0 fully saturated rings. The van der Waals surface area contributed by atoms with Crippen molar-refractivity contribution in [3.63, 3.8) is 0 Å². The molecule has 1 aromatic carbocycles.